The largest absolute Gasteiger partial charge is 0.446 e. The Morgan fingerprint density at radius 3 is 2.59 bits per heavy atom. The number of fused-ring (bicyclic) bond motifs is 2. The van der Waals surface area contributed by atoms with Crippen LogP contribution in [-0.4, -0.2) is 72.6 Å². The Morgan fingerprint density at radius 1 is 1.16 bits per heavy atom. The number of carbonyl (C=O) groups is 4. The fourth-order valence-corrected chi connectivity index (χ4v) is 9.09. The van der Waals surface area contributed by atoms with Crippen molar-refractivity contribution in [1.82, 2.24) is 19.9 Å². The molecule has 0 saturated heterocycles. The second-order valence-electron chi connectivity index (χ2n) is 13.7. The van der Waals surface area contributed by atoms with Crippen LogP contribution in [0.1, 0.15) is 69.5 Å². The van der Waals surface area contributed by atoms with Crippen molar-refractivity contribution in [1.29, 1.82) is 0 Å². The Hall–Kier alpha value is -3.99. The fourth-order valence-electron chi connectivity index (χ4n) is 6.79. The van der Waals surface area contributed by atoms with Gasteiger partial charge in [-0.3, -0.25) is 24.4 Å². The van der Waals surface area contributed by atoms with E-state index in [0.29, 0.717) is 43.7 Å². The van der Waals surface area contributed by atoms with E-state index >= 15 is 0 Å². The molecule has 5 atom stereocenters. The molecule has 51 heavy (non-hydrogen) atoms. The van der Waals surface area contributed by atoms with Gasteiger partial charge in [0.05, 0.1) is 34.0 Å². The maximum atomic E-state index is 14.0. The van der Waals surface area contributed by atoms with Crippen molar-refractivity contribution in [3.05, 3.63) is 47.0 Å². The van der Waals surface area contributed by atoms with Crippen molar-refractivity contribution in [3.8, 4) is 10.6 Å². The third kappa shape index (κ3) is 8.08. The van der Waals surface area contributed by atoms with Crippen LogP contribution in [0.3, 0.4) is 0 Å². The van der Waals surface area contributed by atoms with Crippen LogP contribution >= 0.6 is 11.3 Å². The molecule has 4 aliphatic rings. The van der Waals surface area contributed by atoms with Crippen molar-refractivity contribution >= 4 is 50.9 Å². The van der Waals surface area contributed by atoms with Crippen LogP contribution in [0.25, 0.3) is 10.6 Å². The summed E-state index contributed by atoms with van der Waals surface area (Å²) >= 11 is 1.22. The number of halogens is 3. The average Bonchev–Trinajstić information content (AvgIpc) is 3.95. The van der Waals surface area contributed by atoms with Crippen molar-refractivity contribution < 1.29 is 45.5 Å². The van der Waals surface area contributed by atoms with Gasteiger partial charge in [-0.05, 0) is 76.0 Å². The number of aromatic nitrogens is 1. The number of benzene rings is 1. The maximum Gasteiger partial charge on any atom is 0.416 e. The number of carbonyl (C=O) groups excluding carboxylic acids is 4. The van der Waals surface area contributed by atoms with Crippen molar-refractivity contribution in [3.63, 3.8) is 0 Å². The quantitative estimate of drug-likeness (QED) is 0.333. The van der Waals surface area contributed by atoms with Crippen molar-refractivity contribution in [2.45, 2.75) is 87.8 Å². The molecule has 0 radical (unpaired) electrons. The third-order valence-electron chi connectivity index (χ3n) is 10.00. The van der Waals surface area contributed by atoms with E-state index in [1.54, 1.807) is 12.4 Å². The molecule has 4 amide bonds. The number of amides is 4. The Labute approximate surface area is 297 Å². The molecule has 3 saturated carbocycles. The lowest BCUT2D eigenvalue weighted by atomic mass is 9.93. The summed E-state index contributed by atoms with van der Waals surface area (Å²) in [5.74, 6) is -4.28. The topological polar surface area (TPSA) is 164 Å². The van der Waals surface area contributed by atoms with Crippen LogP contribution in [-0.2, 0) is 41.7 Å². The average molecular weight is 752 g/mol. The first-order valence-electron chi connectivity index (χ1n) is 17.0. The fraction of sp³-hybridized carbons (Fsp3) is 0.559. The molecule has 3 N–H and O–H groups in total. The number of ether oxygens (including phenoxy) is 1. The Balaban J connectivity index is 1.22. The smallest absolute Gasteiger partial charge is 0.416 e. The number of hydrogen-bond acceptors (Lipinski definition) is 9. The first-order chi connectivity index (χ1) is 24.1. The normalized spacial score (nSPS) is 27.7. The molecule has 3 aliphatic carbocycles. The maximum absolute atomic E-state index is 14.0. The second-order valence-corrected chi connectivity index (χ2v) is 16.5. The second kappa shape index (κ2) is 14.2. The van der Waals surface area contributed by atoms with Gasteiger partial charge in [-0.2, -0.15) is 13.2 Å². The number of nitrogens with zero attached hydrogens (tertiary/aromatic N) is 2. The highest BCUT2D eigenvalue weighted by atomic mass is 32.2. The first kappa shape index (κ1) is 36.8. The molecule has 1 aromatic heterocycles. The molecule has 6 rings (SSSR count). The number of anilines is 1. The predicted octanol–water partition coefficient (Wildman–Crippen LogP) is 5.02. The Morgan fingerprint density at radius 2 is 1.90 bits per heavy atom. The summed E-state index contributed by atoms with van der Waals surface area (Å²) in [6.45, 7) is 2.31. The zero-order chi connectivity index (χ0) is 36.7. The number of thiazole rings is 1. The van der Waals surface area contributed by atoms with Gasteiger partial charge >= 0.3 is 12.3 Å². The van der Waals surface area contributed by atoms with E-state index in [1.165, 1.54) is 22.3 Å². The van der Waals surface area contributed by atoms with Gasteiger partial charge < -0.3 is 15.0 Å². The van der Waals surface area contributed by atoms with E-state index in [-0.39, 0.29) is 36.4 Å². The van der Waals surface area contributed by atoms with Crippen LogP contribution in [0.15, 0.2) is 35.7 Å². The van der Waals surface area contributed by atoms with Crippen LogP contribution in [0.4, 0.5) is 23.7 Å². The van der Waals surface area contributed by atoms with Gasteiger partial charge in [0.15, 0.2) is 0 Å². The monoisotopic (exact) mass is 751 g/mol. The number of sulfonamides is 1. The Kier molecular flexibility index (Phi) is 10.2. The van der Waals surface area contributed by atoms with E-state index in [1.807, 2.05) is 19.1 Å². The van der Waals surface area contributed by atoms with Gasteiger partial charge in [0.1, 0.15) is 16.7 Å². The number of hydrogen-bond donors (Lipinski definition) is 3. The van der Waals surface area contributed by atoms with E-state index < -0.39 is 74.3 Å². The number of allylic oxidation sites excluding steroid dienone is 1. The van der Waals surface area contributed by atoms with Crippen LogP contribution in [0, 0.1) is 17.8 Å². The van der Waals surface area contributed by atoms with Gasteiger partial charge in [0, 0.05) is 30.5 Å². The van der Waals surface area contributed by atoms with Crippen molar-refractivity contribution in [2.75, 3.05) is 18.9 Å². The highest BCUT2D eigenvalue weighted by molar-refractivity contribution is 7.91. The molecule has 0 bridgehead atoms. The van der Waals surface area contributed by atoms with E-state index in [2.05, 4.69) is 20.3 Å². The molecule has 5 unspecified atom stereocenters. The molecule has 1 aromatic carbocycles. The molecule has 12 nitrogen and oxygen atoms in total. The minimum absolute atomic E-state index is 0.0466. The SMILES string of the molecule is CCc1csc(-c2ccc(C(F)(F)F)cc2NC(=O)OC2CC3C(=O)NC4(C(=O)NS(=O)(=O)C5CC5)CC4/C=C/CCCCN(C)C(=O)C3C2)n1. The van der Waals surface area contributed by atoms with E-state index in [9.17, 15) is 40.8 Å². The lowest BCUT2D eigenvalue weighted by Crippen LogP contribution is -2.54. The lowest BCUT2D eigenvalue weighted by molar-refractivity contribution is -0.140. The summed E-state index contributed by atoms with van der Waals surface area (Å²) in [6.07, 6.45) is 0.564. The number of nitrogens with one attached hydrogen (secondary N) is 3. The molecular formula is C34H40F3N5O7S2. The summed E-state index contributed by atoms with van der Waals surface area (Å²) < 4.78 is 74.1. The zero-order valence-corrected chi connectivity index (χ0v) is 29.8. The molecular weight excluding hydrogens is 712 g/mol. The molecule has 17 heteroatoms. The highest BCUT2D eigenvalue weighted by Crippen LogP contribution is 2.47. The molecule has 2 heterocycles. The summed E-state index contributed by atoms with van der Waals surface area (Å²) in [7, 11) is -2.29. The van der Waals surface area contributed by atoms with Crippen LogP contribution in [0.2, 0.25) is 0 Å². The van der Waals surface area contributed by atoms with Gasteiger partial charge in [-0.25, -0.2) is 18.2 Å². The summed E-state index contributed by atoms with van der Waals surface area (Å²) in [5.41, 5.74) is -1.68. The van der Waals surface area contributed by atoms with Gasteiger partial charge in [0.2, 0.25) is 21.8 Å². The zero-order valence-electron chi connectivity index (χ0n) is 28.1. The first-order valence-corrected chi connectivity index (χ1v) is 19.5. The molecule has 1 aliphatic heterocycles. The molecule has 276 valence electrons. The standard InChI is InChI=1S/C34H40F3N5O7S2/c1-3-21-18-50-29(38-21)24-12-9-19(34(35,36)37)14-27(24)39-32(46)49-22-15-25-26(16-22)30(44)42(2)13-7-5-4-6-8-20-17-33(20,40-28(25)43)31(45)41-51(47,48)23-10-11-23/h6,8-9,12,14,18,20,22-23,25-26H,3-5,7,10-11,13,15-17H2,1-2H3,(H,39,46)(H,40,43)(H,41,45)/b8-6+. The number of rotatable bonds is 7. The summed E-state index contributed by atoms with van der Waals surface area (Å²) in [5, 5.41) is 6.72. The lowest BCUT2D eigenvalue weighted by Gasteiger charge is -2.26. The van der Waals surface area contributed by atoms with Gasteiger partial charge in [-0.1, -0.05) is 19.1 Å². The van der Waals surface area contributed by atoms with E-state index in [0.717, 1.165) is 24.2 Å². The van der Waals surface area contributed by atoms with E-state index in [4.69, 9.17) is 4.74 Å². The highest BCUT2D eigenvalue weighted by Gasteiger charge is 2.62. The van der Waals surface area contributed by atoms with Gasteiger partial charge in [0.25, 0.3) is 5.91 Å². The molecule has 2 aromatic rings. The predicted molar refractivity (Wildman–Crippen MR) is 182 cm³/mol. The third-order valence-corrected chi connectivity index (χ3v) is 12.7. The minimum atomic E-state index is -4.69. The number of aryl methyl sites for hydroxylation is 1. The summed E-state index contributed by atoms with van der Waals surface area (Å²) in [4.78, 5) is 60.3. The molecule has 3 fully saturated rings. The van der Waals surface area contributed by atoms with Crippen molar-refractivity contribution in [2.24, 2.45) is 17.8 Å². The van der Waals surface area contributed by atoms with Crippen LogP contribution in [0.5, 0.6) is 0 Å². The van der Waals surface area contributed by atoms with Crippen LogP contribution < -0.4 is 15.4 Å². The molecule has 0 spiro atoms. The number of alkyl halides is 3. The summed E-state index contributed by atoms with van der Waals surface area (Å²) in [6, 6.07) is 2.94. The minimum Gasteiger partial charge on any atom is -0.446 e. The van der Waals surface area contributed by atoms with Gasteiger partial charge in [-0.15, -0.1) is 11.3 Å². The Bertz CT molecular complexity index is 1840.